The van der Waals surface area contributed by atoms with Crippen LogP contribution in [0.5, 0.6) is 0 Å². The highest BCUT2D eigenvalue weighted by Crippen LogP contribution is 2.18. The first-order valence-electron chi connectivity index (χ1n) is 8.95. The van der Waals surface area contributed by atoms with Crippen LogP contribution in [0, 0.1) is 17.8 Å². The predicted octanol–water partition coefficient (Wildman–Crippen LogP) is 2.38. The maximum Gasteiger partial charge on any atom is 0.139 e. The van der Waals surface area contributed by atoms with Gasteiger partial charge < -0.3 is 10.0 Å². The lowest BCUT2D eigenvalue weighted by atomic mass is 9.95. The molecule has 0 aliphatic carbocycles. The van der Waals surface area contributed by atoms with Crippen molar-refractivity contribution in [2.75, 3.05) is 13.1 Å². The van der Waals surface area contributed by atoms with Crippen molar-refractivity contribution in [2.45, 2.75) is 64.5 Å². The summed E-state index contributed by atoms with van der Waals surface area (Å²) in [4.78, 5) is 5.78. The van der Waals surface area contributed by atoms with Gasteiger partial charge in [0.2, 0.25) is 0 Å². The summed E-state index contributed by atoms with van der Waals surface area (Å²) in [5.41, 5.74) is 0.457. The van der Waals surface area contributed by atoms with E-state index in [0.717, 1.165) is 25.9 Å². The van der Waals surface area contributed by atoms with Gasteiger partial charge in [0.05, 0.1) is 6.54 Å². The van der Waals surface area contributed by atoms with Gasteiger partial charge in [-0.2, -0.15) is 0 Å². The van der Waals surface area contributed by atoms with Gasteiger partial charge in [0.1, 0.15) is 18.2 Å². The number of aliphatic hydroxyl groups is 1. The standard InChI is InChI=1S/C20H30N2O/c1-17(2)10-12-20(3,23)11-7-15-22-14-5-4-9-19(22)18-8-6-13-21-16-18/h6,8,13,16-17,19,23H,4-5,9-10,12,14-15H2,1-3H3/p+1/t19-,20+/m1/s1. The molecule has 0 bridgehead atoms. The molecule has 3 nitrogen and oxygen atoms in total. The monoisotopic (exact) mass is 315 g/mol. The minimum Gasteiger partial charge on any atom is -0.378 e. The first kappa shape index (κ1) is 18.0. The Bertz CT molecular complexity index is 528. The number of piperidine rings is 1. The molecule has 0 amide bonds. The van der Waals surface area contributed by atoms with Crippen LogP contribution in [0.2, 0.25) is 0 Å². The van der Waals surface area contributed by atoms with Crippen LogP contribution < -0.4 is 4.90 Å². The van der Waals surface area contributed by atoms with E-state index < -0.39 is 5.60 Å². The van der Waals surface area contributed by atoms with Gasteiger partial charge in [-0.15, -0.1) is 0 Å². The summed E-state index contributed by atoms with van der Waals surface area (Å²) in [6.07, 6.45) is 9.32. The van der Waals surface area contributed by atoms with Crippen LogP contribution in [-0.2, 0) is 0 Å². The molecule has 2 N–H and O–H groups in total. The quantitative estimate of drug-likeness (QED) is 0.819. The van der Waals surface area contributed by atoms with E-state index in [9.17, 15) is 5.11 Å². The third kappa shape index (κ3) is 5.97. The maximum absolute atomic E-state index is 10.4. The second kappa shape index (κ2) is 8.47. The predicted molar refractivity (Wildman–Crippen MR) is 94.0 cm³/mol. The minimum absolute atomic E-state index is 0.493. The Hall–Kier alpha value is -1.37. The normalized spacial score (nSPS) is 23.9. The molecule has 3 atom stereocenters. The molecule has 2 rings (SSSR count). The zero-order chi connectivity index (χ0) is 16.7. The van der Waals surface area contributed by atoms with Gasteiger partial charge in [0, 0.05) is 24.4 Å². The Morgan fingerprint density at radius 2 is 2.26 bits per heavy atom. The van der Waals surface area contributed by atoms with Crippen LogP contribution in [0.3, 0.4) is 0 Å². The molecule has 23 heavy (non-hydrogen) atoms. The summed E-state index contributed by atoms with van der Waals surface area (Å²) in [6, 6.07) is 4.69. The highest BCUT2D eigenvalue weighted by molar-refractivity contribution is 5.14. The molecular weight excluding hydrogens is 284 g/mol. The highest BCUT2D eigenvalue weighted by atomic mass is 16.3. The Kier molecular flexibility index (Phi) is 6.62. The van der Waals surface area contributed by atoms with E-state index >= 15 is 0 Å². The molecule has 126 valence electrons. The number of quaternary nitrogens is 1. The topological polar surface area (TPSA) is 37.6 Å². The molecule has 0 spiro atoms. The van der Waals surface area contributed by atoms with Crippen molar-refractivity contribution in [3.8, 4) is 11.8 Å². The molecule has 1 aromatic heterocycles. The number of rotatable bonds is 5. The van der Waals surface area contributed by atoms with Gasteiger partial charge in [-0.3, -0.25) is 4.98 Å². The number of nitrogens with zero attached hydrogens (tertiary/aromatic N) is 1. The average Bonchev–Trinajstić information content (AvgIpc) is 2.54. The maximum atomic E-state index is 10.4. The zero-order valence-electron chi connectivity index (χ0n) is 14.8. The molecule has 0 radical (unpaired) electrons. The molecule has 1 saturated heterocycles. The molecule has 0 aromatic carbocycles. The SMILES string of the molecule is CC(C)CC[C@@](C)(O)C#CC[NH+]1CCCC[C@@H]1c1cccnc1. The number of hydrogen-bond donors (Lipinski definition) is 2. The fourth-order valence-electron chi connectivity index (χ4n) is 3.26. The van der Waals surface area contributed by atoms with Gasteiger partial charge in [0.25, 0.3) is 0 Å². The molecule has 1 unspecified atom stereocenters. The van der Waals surface area contributed by atoms with Crippen molar-refractivity contribution >= 4 is 0 Å². The number of hydrogen-bond acceptors (Lipinski definition) is 2. The van der Waals surface area contributed by atoms with Crippen molar-refractivity contribution in [1.82, 2.24) is 4.98 Å². The van der Waals surface area contributed by atoms with Gasteiger partial charge >= 0.3 is 0 Å². The van der Waals surface area contributed by atoms with Crippen LogP contribution in [0.4, 0.5) is 0 Å². The summed E-state index contributed by atoms with van der Waals surface area (Å²) in [7, 11) is 0. The Morgan fingerprint density at radius 3 is 2.96 bits per heavy atom. The van der Waals surface area contributed by atoms with Crippen molar-refractivity contribution in [3.63, 3.8) is 0 Å². The first-order valence-corrected chi connectivity index (χ1v) is 8.95. The molecule has 1 aliphatic heterocycles. The molecule has 1 aliphatic rings. The van der Waals surface area contributed by atoms with Crippen molar-refractivity contribution in [2.24, 2.45) is 5.92 Å². The third-order valence-electron chi connectivity index (χ3n) is 4.70. The van der Waals surface area contributed by atoms with E-state index in [1.54, 1.807) is 0 Å². The minimum atomic E-state index is -0.858. The van der Waals surface area contributed by atoms with Gasteiger partial charge in [-0.1, -0.05) is 25.8 Å². The molecule has 2 heterocycles. The number of aromatic nitrogens is 1. The van der Waals surface area contributed by atoms with Crippen molar-refractivity contribution in [1.29, 1.82) is 0 Å². The first-order chi connectivity index (χ1) is 11.0. The molecule has 3 heteroatoms. The second-order valence-electron chi connectivity index (χ2n) is 7.43. The Morgan fingerprint density at radius 1 is 1.43 bits per heavy atom. The van der Waals surface area contributed by atoms with Crippen LogP contribution in [0.15, 0.2) is 24.5 Å². The van der Waals surface area contributed by atoms with E-state index in [0.29, 0.717) is 12.0 Å². The van der Waals surface area contributed by atoms with Crippen molar-refractivity contribution < 1.29 is 10.0 Å². The lowest BCUT2D eigenvalue weighted by Crippen LogP contribution is -3.13. The number of likely N-dealkylation sites (tertiary alicyclic amines) is 1. The van der Waals surface area contributed by atoms with Gasteiger partial charge in [0.15, 0.2) is 0 Å². The van der Waals surface area contributed by atoms with Gasteiger partial charge in [-0.05, 0) is 50.5 Å². The third-order valence-corrected chi connectivity index (χ3v) is 4.70. The summed E-state index contributed by atoms with van der Waals surface area (Å²) in [5.74, 6) is 6.97. The fourth-order valence-corrected chi connectivity index (χ4v) is 3.26. The van der Waals surface area contributed by atoms with E-state index in [1.165, 1.54) is 29.7 Å². The number of pyridine rings is 1. The van der Waals surface area contributed by atoms with Crippen LogP contribution in [-0.4, -0.2) is 28.8 Å². The van der Waals surface area contributed by atoms with Crippen molar-refractivity contribution in [3.05, 3.63) is 30.1 Å². The lowest BCUT2D eigenvalue weighted by molar-refractivity contribution is -0.930. The Labute approximate surface area is 141 Å². The molecule has 0 saturated carbocycles. The molecular formula is C20H31N2O+. The number of nitrogens with one attached hydrogen (secondary N) is 1. The summed E-state index contributed by atoms with van der Waals surface area (Å²) >= 11 is 0. The molecule has 1 fully saturated rings. The highest BCUT2D eigenvalue weighted by Gasteiger charge is 2.27. The van der Waals surface area contributed by atoms with Crippen LogP contribution >= 0.6 is 0 Å². The van der Waals surface area contributed by atoms with Crippen LogP contribution in [0.1, 0.15) is 64.5 Å². The zero-order valence-corrected chi connectivity index (χ0v) is 14.8. The van der Waals surface area contributed by atoms with E-state index in [1.807, 2.05) is 25.4 Å². The summed E-state index contributed by atoms with van der Waals surface area (Å²) < 4.78 is 0. The van der Waals surface area contributed by atoms with Crippen LogP contribution in [0.25, 0.3) is 0 Å². The van der Waals surface area contributed by atoms with E-state index in [4.69, 9.17) is 0 Å². The molecule has 1 aromatic rings. The second-order valence-corrected chi connectivity index (χ2v) is 7.43. The Balaban J connectivity index is 1.96. The summed E-state index contributed by atoms with van der Waals surface area (Å²) in [6.45, 7) is 8.16. The largest absolute Gasteiger partial charge is 0.378 e. The lowest BCUT2D eigenvalue weighted by Gasteiger charge is -2.31. The van der Waals surface area contributed by atoms with Gasteiger partial charge in [-0.25, -0.2) is 0 Å². The van der Waals surface area contributed by atoms with E-state index in [2.05, 4.69) is 36.7 Å². The smallest absolute Gasteiger partial charge is 0.139 e. The van der Waals surface area contributed by atoms with E-state index in [-0.39, 0.29) is 0 Å². The average molecular weight is 315 g/mol. The fraction of sp³-hybridized carbons (Fsp3) is 0.650. The summed E-state index contributed by atoms with van der Waals surface area (Å²) in [5, 5.41) is 10.4.